The van der Waals surface area contributed by atoms with E-state index in [0.717, 1.165) is 27.5 Å². The highest BCUT2D eigenvalue weighted by Crippen LogP contribution is 2.27. The van der Waals surface area contributed by atoms with Crippen molar-refractivity contribution in [3.05, 3.63) is 28.5 Å². The number of anilines is 1. The third kappa shape index (κ3) is 3.48. The number of amidine groups is 1. The highest BCUT2D eigenvalue weighted by molar-refractivity contribution is 9.10. The van der Waals surface area contributed by atoms with Crippen LogP contribution in [0, 0.1) is 11.7 Å². The molecule has 1 aromatic carbocycles. The topological polar surface area (TPSA) is 24.4 Å². The van der Waals surface area contributed by atoms with Gasteiger partial charge in [-0.25, -0.2) is 4.39 Å². The van der Waals surface area contributed by atoms with Crippen LogP contribution in [0.5, 0.6) is 0 Å². The monoisotopic (exact) mass is 330 g/mol. The van der Waals surface area contributed by atoms with Gasteiger partial charge in [-0.2, -0.15) is 0 Å². The van der Waals surface area contributed by atoms with Crippen LogP contribution in [0.4, 0.5) is 10.1 Å². The summed E-state index contributed by atoms with van der Waals surface area (Å²) < 4.78 is 14.0. The van der Waals surface area contributed by atoms with Crippen molar-refractivity contribution in [2.45, 2.75) is 26.3 Å². The van der Waals surface area contributed by atoms with Gasteiger partial charge in [0.1, 0.15) is 5.82 Å². The van der Waals surface area contributed by atoms with E-state index in [1.165, 1.54) is 12.1 Å². The first kappa shape index (κ1) is 13.9. The summed E-state index contributed by atoms with van der Waals surface area (Å²) in [6.45, 7) is 4.36. The van der Waals surface area contributed by atoms with Crippen LogP contribution in [-0.4, -0.2) is 17.0 Å². The van der Waals surface area contributed by atoms with Gasteiger partial charge in [-0.1, -0.05) is 25.6 Å². The van der Waals surface area contributed by atoms with Crippen LogP contribution in [0.1, 0.15) is 20.3 Å². The zero-order valence-corrected chi connectivity index (χ0v) is 12.8. The minimum atomic E-state index is -0.248. The first-order valence-electron chi connectivity index (χ1n) is 5.99. The second-order valence-electron chi connectivity index (χ2n) is 4.63. The summed E-state index contributed by atoms with van der Waals surface area (Å²) >= 11 is 5.10. The summed E-state index contributed by atoms with van der Waals surface area (Å²) in [5.74, 6) is 1.35. The van der Waals surface area contributed by atoms with Gasteiger partial charge in [0.15, 0.2) is 5.17 Å². The molecule has 5 heteroatoms. The summed E-state index contributed by atoms with van der Waals surface area (Å²) in [4.78, 5) is 4.67. The SMILES string of the molecule is CC(C)C1CCSC(Nc2cc(F)ccc2Br)=N1. The van der Waals surface area contributed by atoms with Crippen LogP contribution >= 0.6 is 27.7 Å². The number of nitrogens with one attached hydrogen (secondary N) is 1. The number of benzene rings is 1. The average molecular weight is 331 g/mol. The van der Waals surface area contributed by atoms with E-state index < -0.39 is 0 Å². The lowest BCUT2D eigenvalue weighted by molar-refractivity contribution is 0.485. The lowest BCUT2D eigenvalue weighted by Gasteiger charge is -2.23. The maximum Gasteiger partial charge on any atom is 0.161 e. The molecule has 1 aliphatic heterocycles. The Kier molecular flexibility index (Phi) is 4.67. The molecule has 1 aliphatic rings. The average Bonchev–Trinajstić information content (AvgIpc) is 2.34. The zero-order chi connectivity index (χ0) is 13.1. The molecule has 2 rings (SSSR count). The molecule has 1 heterocycles. The van der Waals surface area contributed by atoms with E-state index in [4.69, 9.17) is 0 Å². The Balaban J connectivity index is 2.15. The number of rotatable bonds is 2. The third-order valence-corrected chi connectivity index (χ3v) is 4.49. The van der Waals surface area contributed by atoms with Gasteiger partial charge in [0, 0.05) is 10.2 Å². The van der Waals surface area contributed by atoms with E-state index in [1.54, 1.807) is 17.8 Å². The number of thioether (sulfide) groups is 1. The second-order valence-corrected chi connectivity index (χ2v) is 6.57. The molecular weight excluding hydrogens is 315 g/mol. The molecule has 0 saturated carbocycles. The first-order valence-corrected chi connectivity index (χ1v) is 7.77. The fourth-order valence-electron chi connectivity index (χ4n) is 1.79. The zero-order valence-electron chi connectivity index (χ0n) is 10.4. The van der Waals surface area contributed by atoms with Crippen LogP contribution in [0.2, 0.25) is 0 Å². The minimum absolute atomic E-state index is 0.248. The quantitative estimate of drug-likeness (QED) is 0.862. The van der Waals surface area contributed by atoms with Gasteiger partial charge in [-0.15, -0.1) is 0 Å². The molecule has 1 aromatic rings. The van der Waals surface area contributed by atoms with Crippen LogP contribution in [0.3, 0.4) is 0 Å². The van der Waals surface area contributed by atoms with Crippen molar-refractivity contribution in [1.82, 2.24) is 0 Å². The van der Waals surface area contributed by atoms with Gasteiger partial charge in [-0.3, -0.25) is 4.99 Å². The summed E-state index contributed by atoms with van der Waals surface area (Å²) in [6.07, 6.45) is 1.11. The molecule has 0 radical (unpaired) electrons. The van der Waals surface area contributed by atoms with Gasteiger partial charge < -0.3 is 5.32 Å². The number of nitrogens with zero attached hydrogens (tertiary/aromatic N) is 1. The second kappa shape index (κ2) is 6.06. The van der Waals surface area contributed by atoms with E-state index in [-0.39, 0.29) is 5.82 Å². The molecule has 1 unspecified atom stereocenters. The molecule has 0 saturated heterocycles. The van der Waals surface area contributed by atoms with E-state index >= 15 is 0 Å². The highest BCUT2D eigenvalue weighted by atomic mass is 79.9. The fourth-order valence-corrected chi connectivity index (χ4v) is 3.08. The molecule has 1 N–H and O–H groups in total. The predicted molar refractivity (Wildman–Crippen MR) is 80.9 cm³/mol. The molecule has 0 aromatic heterocycles. The lowest BCUT2D eigenvalue weighted by Crippen LogP contribution is -2.24. The molecule has 1 atom stereocenters. The third-order valence-electron chi connectivity index (χ3n) is 2.88. The fraction of sp³-hybridized carbons (Fsp3) is 0.462. The van der Waals surface area contributed by atoms with Crippen molar-refractivity contribution in [2.75, 3.05) is 11.1 Å². The lowest BCUT2D eigenvalue weighted by atomic mass is 10.0. The Morgan fingerprint density at radius 3 is 3.00 bits per heavy atom. The van der Waals surface area contributed by atoms with Crippen molar-refractivity contribution >= 4 is 38.5 Å². The molecule has 0 amide bonds. The number of halogens is 2. The summed E-state index contributed by atoms with van der Waals surface area (Å²) in [7, 11) is 0. The highest BCUT2D eigenvalue weighted by Gasteiger charge is 2.19. The number of aliphatic imine (C=N–C) groups is 1. The van der Waals surface area contributed by atoms with Gasteiger partial charge in [0.25, 0.3) is 0 Å². The first-order chi connectivity index (χ1) is 8.56. The summed E-state index contributed by atoms with van der Waals surface area (Å²) in [6, 6.07) is 4.97. The molecule has 0 bridgehead atoms. The van der Waals surface area contributed by atoms with Crippen molar-refractivity contribution < 1.29 is 4.39 Å². The molecule has 0 fully saturated rings. The molecule has 0 aliphatic carbocycles. The molecule has 2 nitrogen and oxygen atoms in total. The Hall–Kier alpha value is -0.550. The van der Waals surface area contributed by atoms with E-state index in [9.17, 15) is 4.39 Å². The Bertz CT molecular complexity index is 462. The summed E-state index contributed by atoms with van der Waals surface area (Å²) in [5, 5.41) is 4.08. The van der Waals surface area contributed by atoms with Crippen molar-refractivity contribution in [2.24, 2.45) is 10.9 Å². The van der Waals surface area contributed by atoms with E-state index in [2.05, 4.69) is 40.1 Å². The van der Waals surface area contributed by atoms with E-state index in [1.807, 2.05) is 0 Å². The smallest absolute Gasteiger partial charge is 0.161 e. The van der Waals surface area contributed by atoms with Crippen LogP contribution in [-0.2, 0) is 0 Å². The molecule has 98 valence electrons. The number of hydrogen-bond acceptors (Lipinski definition) is 3. The van der Waals surface area contributed by atoms with Crippen molar-refractivity contribution in [1.29, 1.82) is 0 Å². The van der Waals surface area contributed by atoms with Crippen LogP contribution < -0.4 is 5.32 Å². The summed E-state index contributed by atoms with van der Waals surface area (Å²) in [5.41, 5.74) is 0.727. The normalized spacial score (nSPS) is 19.8. The predicted octanol–water partition coefficient (Wildman–Crippen LogP) is 4.52. The largest absolute Gasteiger partial charge is 0.334 e. The minimum Gasteiger partial charge on any atom is -0.334 e. The van der Waals surface area contributed by atoms with Gasteiger partial charge in [0.05, 0.1) is 11.7 Å². The standard InChI is InChI=1S/C13H16BrFN2S/c1-8(2)11-5-6-18-13(16-11)17-12-7-9(15)3-4-10(12)14/h3-4,7-8,11H,5-6H2,1-2H3,(H,16,17). The molecule has 18 heavy (non-hydrogen) atoms. The van der Waals surface area contributed by atoms with Gasteiger partial charge >= 0.3 is 0 Å². The Labute approximate surface area is 120 Å². The maximum atomic E-state index is 13.2. The van der Waals surface area contributed by atoms with Crippen molar-refractivity contribution in [3.8, 4) is 0 Å². The van der Waals surface area contributed by atoms with E-state index in [0.29, 0.717) is 12.0 Å². The van der Waals surface area contributed by atoms with Crippen molar-refractivity contribution in [3.63, 3.8) is 0 Å². The molecular formula is C13H16BrFN2S. The number of hydrogen-bond donors (Lipinski definition) is 1. The van der Waals surface area contributed by atoms with Crippen LogP contribution in [0.15, 0.2) is 27.7 Å². The Morgan fingerprint density at radius 1 is 1.50 bits per heavy atom. The van der Waals surface area contributed by atoms with Crippen LogP contribution in [0.25, 0.3) is 0 Å². The molecule has 0 spiro atoms. The maximum absolute atomic E-state index is 13.2. The Morgan fingerprint density at radius 2 is 2.28 bits per heavy atom. The van der Waals surface area contributed by atoms with Gasteiger partial charge in [0.2, 0.25) is 0 Å². The van der Waals surface area contributed by atoms with Gasteiger partial charge in [-0.05, 0) is 46.5 Å².